The van der Waals surface area contributed by atoms with Crippen LogP contribution in [0, 0.1) is 5.92 Å². The van der Waals surface area contributed by atoms with Crippen molar-refractivity contribution in [2.75, 3.05) is 0 Å². The average Bonchev–Trinajstić information content (AvgIpc) is 3.03. The highest BCUT2D eigenvalue weighted by Crippen LogP contribution is 2.41. The lowest BCUT2D eigenvalue weighted by Gasteiger charge is -2.40. The molecule has 0 radical (unpaired) electrons. The zero-order valence-electron chi connectivity index (χ0n) is 20.3. The number of amides is 2. The van der Waals surface area contributed by atoms with Crippen molar-refractivity contribution in [3.8, 4) is 11.1 Å². The van der Waals surface area contributed by atoms with Crippen molar-refractivity contribution in [1.82, 2.24) is 10.2 Å². The fourth-order valence-electron chi connectivity index (χ4n) is 6.14. The van der Waals surface area contributed by atoms with Crippen LogP contribution >= 0.6 is 12.2 Å². The number of hydrogen-bond donors (Lipinski definition) is 2. The first-order valence-corrected chi connectivity index (χ1v) is 13.4. The molecule has 0 spiro atoms. The molecule has 1 aliphatic carbocycles. The Balaban J connectivity index is 1.50. The number of fused-ring (bicyclic) bond motifs is 3. The molecule has 2 amide bonds. The fourth-order valence-corrected chi connectivity index (χ4v) is 6.43. The topological polar surface area (TPSA) is 86.7 Å². The Morgan fingerprint density at radius 1 is 0.917 bits per heavy atom. The van der Waals surface area contributed by atoms with Crippen molar-refractivity contribution < 1.29 is 19.5 Å². The second-order valence-corrected chi connectivity index (χ2v) is 10.7. The third-order valence-electron chi connectivity index (χ3n) is 8.01. The minimum absolute atomic E-state index is 0.0739. The Morgan fingerprint density at radius 2 is 1.67 bits per heavy atom. The summed E-state index contributed by atoms with van der Waals surface area (Å²) in [7, 11) is 0. The highest BCUT2D eigenvalue weighted by molar-refractivity contribution is 7.82. The van der Waals surface area contributed by atoms with Crippen molar-refractivity contribution in [2.45, 2.75) is 75.9 Å². The third kappa shape index (κ3) is 4.81. The molecule has 2 N–H and O–H groups in total. The second kappa shape index (κ2) is 10.5. The smallest absolute Gasteiger partial charge is 0.326 e. The van der Waals surface area contributed by atoms with Gasteiger partial charge in [-0.25, -0.2) is 4.79 Å². The lowest BCUT2D eigenvalue weighted by molar-refractivity contribution is -0.156. The van der Waals surface area contributed by atoms with Gasteiger partial charge in [0.15, 0.2) is 0 Å². The van der Waals surface area contributed by atoms with E-state index in [9.17, 15) is 19.5 Å². The summed E-state index contributed by atoms with van der Waals surface area (Å²) < 4.78 is 0. The molecule has 3 aliphatic rings. The lowest BCUT2D eigenvalue weighted by Crippen LogP contribution is -2.56. The molecule has 188 valence electrons. The van der Waals surface area contributed by atoms with Gasteiger partial charge in [0.2, 0.25) is 5.91 Å². The van der Waals surface area contributed by atoms with Crippen LogP contribution in [0.2, 0.25) is 0 Å². The summed E-state index contributed by atoms with van der Waals surface area (Å²) in [6.45, 7) is 0. The number of rotatable bonds is 5. The van der Waals surface area contributed by atoms with Crippen LogP contribution in [-0.2, 0) is 20.8 Å². The van der Waals surface area contributed by atoms with Crippen LogP contribution in [0.4, 0.5) is 0 Å². The number of aliphatic carboxylic acids is 1. The van der Waals surface area contributed by atoms with Gasteiger partial charge < -0.3 is 15.3 Å². The molecule has 2 fully saturated rings. The van der Waals surface area contributed by atoms with Gasteiger partial charge in [-0.05, 0) is 66.3 Å². The van der Waals surface area contributed by atoms with Crippen LogP contribution in [0.3, 0.4) is 0 Å². The molecule has 5 rings (SSSR count). The SMILES string of the molecule is O=C(N[C@H]1Cc2ccc(-c3ccccc3)cc2[C@H]2CCC[C@@H](C(=O)O)N2C1=O)C(=S)C1CCCCC1. The van der Waals surface area contributed by atoms with Crippen LogP contribution < -0.4 is 5.32 Å². The summed E-state index contributed by atoms with van der Waals surface area (Å²) in [6.07, 6.45) is 7.26. The summed E-state index contributed by atoms with van der Waals surface area (Å²) >= 11 is 5.54. The van der Waals surface area contributed by atoms with Gasteiger partial charge in [0.25, 0.3) is 5.91 Å². The highest BCUT2D eigenvalue weighted by atomic mass is 32.1. The van der Waals surface area contributed by atoms with E-state index in [1.807, 2.05) is 42.5 Å². The van der Waals surface area contributed by atoms with Crippen LogP contribution in [0.15, 0.2) is 48.5 Å². The predicted octanol–water partition coefficient (Wildman–Crippen LogP) is 4.85. The van der Waals surface area contributed by atoms with E-state index in [0.29, 0.717) is 24.1 Å². The van der Waals surface area contributed by atoms with E-state index in [1.54, 1.807) is 0 Å². The number of nitrogens with one attached hydrogen (secondary N) is 1. The zero-order valence-corrected chi connectivity index (χ0v) is 21.1. The van der Waals surface area contributed by atoms with E-state index in [4.69, 9.17) is 12.2 Å². The van der Waals surface area contributed by atoms with Gasteiger partial charge in [-0.1, -0.05) is 73.9 Å². The summed E-state index contributed by atoms with van der Waals surface area (Å²) in [6, 6.07) is 14.1. The fraction of sp³-hybridized carbons (Fsp3) is 0.448. The summed E-state index contributed by atoms with van der Waals surface area (Å²) in [5.41, 5.74) is 4.04. The number of thiocarbonyl (C=S) groups is 1. The van der Waals surface area contributed by atoms with E-state index in [1.165, 1.54) is 4.90 Å². The molecule has 1 saturated carbocycles. The van der Waals surface area contributed by atoms with Gasteiger partial charge in [0.05, 0.1) is 10.9 Å². The number of carboxylic acid groups (broad SMARTS) is 1. The minimum Gasteiger partial charge on any atom is -0.480 e. The summed E-state index contributed by atoms with van der Waals surface area (Å²) in [5, 5.41) is 12.9. The molecule has 2 aromatic carbocycles. The molecule has 6 nitrogen and oxygen atoms in total. The van der Waals surface area contributed by atoms with Crippen LogP contribution in [0.5, 0.6) is 0 Å². The Hall–Kier alpha value is -3.06. The second-order valence-electron chi connectivity index (χ2n) is 10.3. The van der Waals surface area contributed by atoms with Gasteiger partial charge in [0, 0.05) is 6.42 Å². The Morgan fingerprint density at radius 3 is 2.39 bits per heavy atom. The van der Waals surface area contributed by atoms with Crippen LogP contribution in [-0.4, -0.2) is 44.7 Å². The van der Waals surface area contributed by atoms with E-state index < -0.39 is 18.1 Å². The molecule has 7 heteroatoms. The van der Waals surface area contributed by atoms with Crippen LogP contribution in [0.1, 0.15) is 68.5 Å². The quantitative estimate of drug-likeness (QED) is 0.569. The molecule has 3 atom stereocenters. The van der Waals surface area contributed by atoms with Crippen molar-refractivity contribution in [1.29, 1.82) is 0 Å². The van der Waals surface area contributed by atoms with Gasteiger partial charge >= 0.3 is 5.97 Å². The number of carbonyl (C=O) groups excluding carboxylic acids is 2. The number of nitrogens with zero attached hydrogens (tertiary/aromatic N) is 1. The molecular formula is C29H32N2O4S. The largest absolute Gasteiger partial charge is 0.480 e. The zero-order chi connectivity index (χ0) is 25.2. The maximum Gasteiger partial charge on any atom is 0.326 e. The molecule has 2 aromatic rings. The Kier molecular flexibility index (Phi) is 7.19. The number of piperidine rings is 1. The first-order chi connectivity index (χ1) is 17.4. The van der Waals surface area contributed by atoms with Gasteiger partial charge in [-0.2, -0.15) is 0 Å². The van der Waals surface area contributed by atoms with Gasteiger partial charge in [-0.3, -0.25) is 9.59 Å². The first-order valence-electron chi connectivity index (χ1n) is 13.0. The molecule has 0 unspecified atom stereocenters. The molecule has 0 bridgehead atoms. The molecular weight excluding hydrogens is 472 g/mol. The van der Waals surface area contributed by atoms with Crippen molar-refractivity contribution >= 4 is 34.9 Å². The van der Waals surface area contributed by atoms with E-state index in [0.717, 1.165) is 60.8 Å². The van der Waals surface area contributed by atoms with Crippen molar-refractivity contribution in [2.24, 2.45) is 5.92 Å². The van der Waals surface area contributed by atoms with E-state index in [2.05, 4.69) is 11.4 Å². The summed E-state index contributed by atoms with van der Waals surface area (Å²) in [4.78, 5) is 41.1. The number of benzene rings is 2. The maximum atomic E-state index is 13.9. The average molecular weight is 505 g/mol. The summed E-state index contributed by atoms with van der Waals surface area (Å²) in [5.74, 6) is -1.62. The number of hydrogen-bond acceptors (Lipinski definition) is 4. The van der Waals surface area contributed by atoms with Crippen molar-refractivity contribution in [3.05, 3.63) is 59.7 Å². The number of carboxylic acids is 1. The highest BCUT2D eigenvalue weighted by Gasteiger charge is 2.45. The molecule has 1 saturated heterocycles. The number of carbonyl (C=O) groups is 3. The van der Waals surface area contributed by atoms with Gasteiger partial charge in [-0.15, -0.1) is 0 Å². The predicted molar refractivity (Wildman–Crippen MR) is 142 cm³/mol. The standard InChI is InChI=1S/C29H32N2O4S/c32-27(26(36)19-10-5-2-6-11-19)30-23-17-21-15-14-20(18-8-3-1-4-9-18)16-22(21)24-12-7-13-25(29(34)35)31(24)28(23)33/h1,3-4,8-9,14-16,19,23-25H,2,5-7,10-13,17H2,(H,30,32)(H,34,35)/t23-,24+,25-/m0/s1. The molecule has 2 aliphatic heterocycles. The molecule has 0 aromatic heterocycles. The normalized spacial score (nSPS) is 24.3. The van der Waals surface area contributed by atoms with Gasteiger partial charge in [0.1, 0.15) is 12.1 Å². The maximum absolute atomic E-state index is 13.9. The third-order valence-corrected chi connectivity index (χ3v) is 8.52. The monoisotopic (exact) mass is 504 g/mol. The van der Waals surface area contributed by atoms with Crippen molar-refractivity contribution in [3.63, 3.8) is 0 Å². The Bertz CT molecular complexity index is 1180. The molecule has 36 heavy (non-hydrogen) atoms. The first kappa shape index (κ1) is 24.6. The Labute approximate surface area is 217 Å². The van der Waals surface area contributed by atoms with E-state index >= 15 is 0 Å². The van der Waals surface area contributed by atoms with Crippen LogP contribution in [0.25, 0.3) is 11.1 Å². The minimum atomic E-state index is -1.00. The van der Waals surface area contributed by atoms with E-state index in [-0.39, 0.29) is 23.8 Å². The molecule has 2 heterocycles. The lowest BCUT2D eigenvalue weighted by atomic mass is 9.86.